The predicted octanol–water partition coefficient (Wildman–Crippen LogP) is 3.21. The third kappa shape index (κ3) is 4.50. The number of hydrogen-bond acceptors (Lipinski definition) is 3. The maximum absolute atomic E-state index is 12.5. The smallest absolute Gasteiger partial charge is 0.345 e. The lowest BCUT2D eigenvalue weighted by Gasteiger charge is -2.12. The van der Waals surface area contributed by atoms with Gasteiger partial charge in [-0.05, 0) is 48.5 Å². The Bertz CT molecular complexity index is 859. The molecule has 0 aliphatic carbocycles. The van der Waals surface area contributed by atoms with Crippen LogP contribution >= 0.6 is 0 Å². The van der Waals surface area contributed by atoms with E-state index in [9.17, 15) is 26.4 Å². The summed E-state index contributed by atoms with van der Waals surface area (Å²) >= 11 is 0. The van der Waals surface area contributed by atoms with E-state index in [1.54, 1.807) is 14.1 Å². The van der Waals surface area contributed by atoms with Gasteiger partial charge in [0.1, 0.15) is 0 Å². The lowest BCUT2D eigenvalue weighted by Crippen LogP contribution is -2.21. The van der Waals surface area contributed by atoms with Gasteiger partial charge in [-0.3, -0.25) is 9.52 Å². The molecule has 134 valence electrons. The van der Waals surface area contributed by atoms with Crippen LogP contribution in [-0.2, 0) is 16.2 Å². The van der Waals surface area contributed by atoms with Crippen molar-refractivity contribution in [3.05, 3.63) is 59.7 Å². The molecule has 1 amide bonds. The molecule has 0 heterocycles. The summed E-state index contributed by atoms with van der Waals surface area (Å²) in [5, 5.41) is 0. The molecule has 0 aliphatic rings. The molecule has 0 aromatic heterocycles. The molecule has 2 aromatic carbocycles. The normalized spacial score (nSPS) is 11.9. The highest BCUT2D eigenvalue weighted by Gasteiger charge is 2.30. The van der Waals surface area contributed by atoms with Gasteiger partial charge in [0.15, 0.2) is 0 Å². The number of benzene rings is 2. The second-order valence-electron chi connectivity index (χ2n) is 5.40. The van der Waals surface area contributed by atoms with Crippen LogP contribution in [-0.4, -0.2) is 33.3 Å². The van der Waals surface area contributed by atoms with E-state index in [1.165, 1.54) is 29.2 Å². The van der Waals surface area contributed by atoms with E-state index in [0.29, 0.717) is 5.56 Å². The van der Waals surface area contributed by atoms with E-state index in [-0.39, 0.29) is 16.5 Å². The van der Waals surface area contributed by atoms with E-state index in [4.69, 9.17) is 0 Å². The topological polar surface area (TPSA) is 66.5 Å². The minimum atomic E-state index is -4.49. The maximum Gasteiger partial charge on any atom is 0.416 e. The van der Waals surface area contributed by atoms with Crippen LogP contribution in [0.15, 0.2) is 53.4 Å². The van der Waals surface area contributed by atoms with Crippen molar-refractivity contribution in [1.29, 1.82) is 0 Å². The molecule has 0 bridgehead atoms. The number of carbonyl (C=O) groups excluding carboxylic acids is 1. The Hall–Kier alpha value is -2.55. The quantitative estimate of drug-likeness (QED) is 0.896. The molecule has 9 heteroatoms. The molecule has 0 aliphatic heterocycles. The van der Waals surface area contributed by atoms with Crippen molar-refractivity contribution >= 4 is 21.6 Å². The molecule has 0 radical (unpaired) electrons. The van der Waals surface area contributed by atoms with E-state index < -0.39 is 21.8 Å². The van der Waals surface area contributed by atoms with Gasteiger partial charge in [0.25, 0.3) is 15.9 Å². The third-order valence-corrected chi connectivity index (χ3v) is 4.68. The fraction of sp³-hybridized carbons (Fsp3) is 0.188. The van der Waals surface area contributed by atoms with Gasteiger partial charge in [-0.2, -0.15) is 13.2 Å². The Morgan fingerprint density at radius 3 is 1.92 bits per heavy atom. The Morgan fingerprint density at radius 1 is 0.960 bits per heavy atom. The van der Waals surface area contributed by atoms with Crippen molar-refractivity contribution in [3.8, 4) is 0 Å². The van der Waals surface area contributed by atoms with Gasteiger partial charge in [0, 0.05) is 25.3 Å². The summed E-state index contributed by atoms with van der Waals surface area (Å²) in [6, 6.07) is 8.88. The summed E-state index contributed by atoms with van der Waals surface area (Å²) in [7, 11) is -0.843. The number of halogens is 3. The van der Waals surface area contributed by atoms with Crippen molar-refractivity contribution in [1.82, 2.24) is 4.90 Å². The summed E-state index contributed by atoms with van der Waals surface area (Å²) in [4.78, 5) is 13.0. The van der Waals surface area contributed by atoms with Crippen LogP contribution in [0.25, 0.3) is 0 Å². The predicted molar refractivity (Wildman–Crippen MR) is 86.7 cm³/mol. The number of hydrogen-bond donors (Lipinski definition) is 1. The summed E-state index contributed by atoms with van der Waals surface area (Å²) in [6.07, 6.45) is -4.49. The Balaban J connectivity index is 2.20. The maximum atomic E-state index is 12.5. The average Bonchev–Trinajstić information content (AvgIpc) is 2.53. The molecule has 0 spiro atoms. The molecule has 0 saturated carbocycles. The second-order valence-corrected chi connectivity index (χ2v) is 7.09. The van der Waals surface area contributed by atoms with Crippen molar-refractivity contribution in [2.24, 2.45) is 0 Å². The monoisotopic (exact) mass is 372 g/mol. The van der Waals surface area contributed by atoms with Crippen LogP contribution in [0.2, 0.25) is 0 Å². The first kappa shape index (κ1) is 18.8. The lowest BCUT2D eigenvalue weighted by atomic mass is 10.2. The number of rotatable bonds is 4. The summed E-state index contributed by atoms with van der Waals surface area (Å²) in [6.45, 7) is 0. The van der Waals surface area contributed by atoms with Gasteiger partial charge in [-0.25, -0.2) is 8.42 Å². The summed E-state index contributed by atoms with van der Waals surface area (Å²) in [5.74, 6) is -0.278. The van der Waals surface area contributed by atoms with Crippen LogP contribution in [0.4, 0.5) is 18.9 Å². The molecule has 0 fully saturated rings. The van der Waals surface area contributed by atoms with Gasteiger partial charge >= 0.3 is 6.18 Å². The summed E-state index contributed by atoms with van der Waals surface area (Å²) in [5.41, 5.74) is -0.554. The number of anilines is 1. The fourth-order valence-corrected chi connectivity index (χ4v) is 3.03. The fourth-order valence-electron chi connectivity index (χ4n) is 1.98. The first-order valence-electron chi connectivity index (χ1n) is 7.02. The number of sulfonamides is 1. The largest absolute Gasteiger partial charge is 0.416 e. The molecule has 0 unspecified atom stereocenters. The molecule has 0 saturated heterocycles. The van der Waals surface area contributed by atoms with Crippen LogP contribution in [0.1, 0.15) is 15.9 Å². The minimum Gasteiger partial charge on any atom is -0.345 e. The molecule has 1 N–H and O–H groups in total. The Morgan fingerprint density at radius 2 is 1.48 bits per heavy atom. The van der Waals surface area contributed by atoms with E-state index >= 15 is 0 Å². The van der Waals surface area contributed by atoms with E-state index in [1.807, 2.05) is 0 Å². The highest BCUT2D eigenvalue weighted by Crippen LogP contribution is 2.30. The van der Waals surface area contributed by atoms with E-state index in [0.717, 1.165) is 24.3 Å². The van der Waals surface area contributed by atoms with Gasteiger partial charge in [-0.15, -0.1) is 0 Å². The Kier molecular flexibility index (Phi) is 5.07. The molecular weight excluding hydrogens is 357 g/mol. The minimum absolute atomic E-state index is 0.00134. The lowest BCUT2D eigenvalue weighted by molar-refractivity contribution is -0.137. The highest BCUT2D eigenvalue weighted by molar-refractivity contribution is 7.92. The SMILES string of the molecule is CN(C)C(=O)c1ccc(S(=O)(=O)Nc2ccc(C(F)(F)F)cc2)cc1. The zero-order chi connectivity index (χ0) is 18.8. The van der Waals surface area contributed by atoms with Crippen molar-refractivity contribution in [2.45, 2.75) is 11.1 Å². The Labute approximate surface area is 143 Å². The number of nitrogens with one attached hydrogen (secondary N) is 1. The zero-order valence-corrected chi connectivity index (χ0v) is 14.1. The number of nitrogens with zero attached hydrogens (tertiary/aromatic N) is 1. The number of amides is 1. The second kappa shape index (κ2) is 6.75. The standard InChI is InChI=1S/C16H15F3N2O3S/c1-21(2)15(22)11-3-9-14(10-4-11)25(23,24)20-13-7-5-12(6-8-13)16(17,18)19/h3-10,20H,1-2H3. The molecule has 2 rings (SSSR count). The van der Waals surface area contributed by atoms with Crippen LogP contribution in [0.5, 0.6) is 0 Å². The third-order valence-electron chi connectivity index (χ3n) is 3.28. The van der Waals surface area contributed by atoms with Gasteiger partial charge in [0.05, 0.1) is 10.5 Å². The van der Waals surface area contributed by atoms with Gasteiger partial charge in [-0.1, -0.05) is 0 Å². The first-order chi connectivity index (χ1) is 11.5. The molecule has 2 aromatic rings. The van der Waals surface area contributed by atoms with Gasteiger partial charge < -0.3 is 4.90 Å². The number of carbonyl (C=O) groups is 1. The van der Waals surface area contributed by atoms with Crippen molar-refractivity contribution < 1.29 is 26.4 Å². The summed E-state index contributed by atoms with van der Waals surface area (Å²) < 4.78 is 64.3. The highest BCUT2D eigenvalue weighted by atomic mass is 32.2. The molecule has 25 heavy (non-hydrogen) atoms. The first-order valence-corrected chi connectivity index (χ1v) is 8.51. The molecular formula is C16H15F3N2O3S. The van der Waals surface area contributed by atoms with Gasteiger partial charge in [0.2, 0.25) is 0 Å². The average molecular weight is 372 g/mol. The number of alkyl halides is 3. The van der Waals surface area contributed by atoms with Crippen LogP contribution in [0, 0.1) is 0 Å². The van der Waals surface area contributed by atoms with Crippen molar-refractivity contribution in [2.75, 3.05) is 18.8 Å². The molecule has 0 atom stereocenters. The zero-order valence-electron chi connectivity index (χ0n) is 13.3. The van der Waals surface area contributed by atoms with Crippen LogP contribution < -0.4 is 4.72 Å². The van der Waals surface area contributed by atoms with Crippen molar-refractivity contribution in [3.63, 3.8) is 0 Å². The van der Waals surface area contributed by atoms with Crippen LogP contribution in [0.3, 0.4) is 0 Å². The molecule has 5 nitrogen and oxygen atoms in total. The van der Waals surface area contributed by atoms with E-state index in [2.05, 4.69) is 4.72 Å².